The lowest BCUT2D eigenvalue weighted by atomic mass is 10.2. The Morgan fingerprint density at radius 1 is 1.50 bits per heavy atom. The van der Waals surface area contributed by atoms with Crippen molar-refractivity contribution in [2.75, 3.05) is 14.1 Å². The van der Waals surface area contributed by atoms with Gasteiger partial charge in [0.2, 0.25) is 0 Å². The van der Waals surface area contributed by atoms with E-state index in [0.29, 0.717) is 6.42 Å². The molecule has 0 saturated heterocycles. The number of nitrogens with zero attached hydrogens (tertiary/aromatic N) is 1. The smallest absolute Gasteiger partial charge is 0.321 e. The molecule has 0 heterocycles. The minimum absolute atomic E-state index is 0.280. The van der Waals surface area contributed by atoms with Crippen molar-refractivity contribution in [3.63, 3.8) is 0 Å². The fourth-order valence-electron chi connectivity index (χ4n) is 0.807. The Labute approximate surface area is 84.1 Å². The summed E-state index contributed by atoms with van der Waals surface area (Å²) in [6, 6.07) is -1.05. The molecule has 0 aromatic carbocycles. The van der Waals surface area contributed by atoms with E-state index in [1.54, 1.807) is 6.92 Å². The monoisotopic (exact) mass is 224 g/mol. The molecule has 0 rings (SSSR count). The number of hydrogen-bond acceptors (Lipinski definition) is 3. The van der Waals surface area contributed by atoms with Gasteiger partial charge in [0.15, 0.2) is 0 Å². The molecule has 0 bridgehead atoms. The van der Waals surface area contributed by atoms with Crippen molar-refractivity contribution in [3.8, 4) is 0 Å². The van der Waals surface area contributed by atoms with Crippen molar-refractivity contribution in [1.82, 2.24) is 9.03 Å². The molecule has 2 N–H and O–H groups in total. The van der Waals surface area contributed by atoms with Crippen molar-refractivity contribution in [1.29, 1.82) is 0 Å². The maximum atomic E-state index is 11.3. The molecule has 84 valence electrons. The molecule has 0 amide bonds. The average Bonchev–Trinajstić information content (AvgIpc) is 2.02. The molecule has 0 fully saturated rings. The lowest BCUT2D eigenvalue weighted by molar-refractivity contribution is -0.139. The van der Waals surface area contributed by atoms with Gasteiger partial charge in [-0.2, -0.15) is 17.4 Å². The van der Waals surface area contributed by atoms with Crippen LogP contribution in [0.5, 0.6) is 0 Å². The first kappa shape index (κ1) is 13.3. The SMILES string of the molecule is CCC[C@H](NS(=O)(=O)N(C)C)C(=O)O. The second kappa shape index (κ2) is 5.28. The molecule has 0 aromatic heterocycles. The third-order valence-corrected chi connectivity index (χ3v) is 3.19. The predicted molar refractivity (Wildman–Crippen MR) is 52.1 cm³/mol. The summed E-state index contributed by atoms with van der Waals surface area (Å²) in [4.78, 5) is 10.6. The van der Waals surface area contributed by atoms with Crippen molar-refractivity contribution in [2.24, 2.45) is 0 Å². The van der Waals surface area contributed by atoms with Gasteiger partial charge < -0.3 is 5.11 Å². The zero-order chi connectivity index (χ0) is 11.4. The van der Waals surface area contributed by atoms with Gasteiger partial charge in [0.1, 0.15) is 6.04 Å². The largest absolute Gasteiger partial charge is 0.480 e. The molecular weight excluding hydrogens is 208 g/mol. The highest BCUT2D eigenvalue weighted by Gasteiger charge is 2.24. The number of hydrogen-bond donors (Lipinski definition) is 2. The molecular formula is C7H16N2O4S. The van der Waals surface area contributed by atoms with Crippen molar-refractivity contribution < 1.29 is 18.3 Å². The number of rotatable bonds is 6. The van der Waals surface area contributed by atoms with E-state index >= 15 is 0 Å². The molecule has 0 aliphatic rings. The van der Waals surface area contributed by atoms with Crippen LogP contribution in [0.15, 0.2) is 0 Å². The summed E-state index contributed by atoms with van der Waals surface area (Å²) in [6.45, 7) is 1.79. The summed E-state index contributed by atoms with van der Waals surface area (Å²) < 4.78 is 25.6. The molecule has 0 aliphatic heterocycles. The predicted octanol–water partition coefficient (Wildman–Crippen LogP) is -0.364. The third kappa shape index (κ3) is 4.03. The lowest BCUT2D eigenvalue weighted by Gasteiger charge is -2.17. The van der Waals surface area contributed by atoms with E-state index in [4.69, 9.17) is 5.11 Å². The standard InChI is InChI=1S/C7H16N2O4S/c1-4-5-6(7(10)11)8-14(12,13)9(2)3/h6,8H,4-5H2,1-3H3,(H,10,11)/t6-/m0/s1. The summed E-state index contributed by atoms with van der Waals surface area (Å²) in [6.07, 6.45) is 0.884. The number of carboxylic acids is 1. The van der Waals surface area contributed by atoms with Crippen LogP contribution < -0.4 is 4.72 Å². The molecule has 0 spiro atoms. The summed E-state index contributed by atoms with van der Waals surface area (Å²) in [5.74, 6) is -1.16. The summed E-state index contributed by atoms with van der Waals surface area (Å²) in [7, 11) is -0.981. The Morgan fingerprint density at radius 2 is 2.00 bits per heavy atom. The Balaban J connectivity index is 4.53. The van der Waals surface area contributed by atoms with E-state index in [2.05, 4.69) is 4.72 Å². The fourth-order valence-corrected chi connectivity index (χ4v) is 1.60. The highest BCUT2D eigenvalue weighted by molar-refractivity contribution is 7.87. The minimum Gasteiger partial charge on any atom is -0.480 e. The molecule has 0 aliphatic carbocycles. The van der Waals surface area contributed by atoms with Crippen molar-refractivity contribution in [3.05, 3.63) is 0 Å². The van der Waals surface area contributed by atoms with Gasteiger partial charge in [-0.25, -0.2) is 0 Å². The van der Waals surface area contributed by atoms with Gasteiger partial charge in [0, 0.05) is 14.1 Å². The van der Waals surface area contributed by atoms with E-state index in [0.717, 1.165) is 4.31 Å². The molecule has 0 aromatic rings. The van der Waals surface area contributed by atoms with Gasteiger partial charge in [0.25, 0.3) is 10.2 Å². The van der Waals surface area contributed by atoms with Gasteiger partial charge in [-0.1, -0.05) is 13.3 Å². The van der Waals surface area contributed by atoms with Crippen LogP contribution in [0.25, 0.3) is 0 Å². The molecule has 1 atom stereocenters. The first-order chi connectivity index (χ1) is 6.31. The van der Waals surface area contributed by atoms with E-state index < -0.39 is 22.2 Å². The van der Waals surface area contributed by atoms with Gasteiger partial charge in [-0.05, 0) is 6.42 Å². The second-order valence-electron chi connectivity index (χ2n) is 3.08. The molecule has 0 saturated carbocycles. The van der Waals surface area contributed by atoms with Crippen LogP contribution in [0.2, 0.25) is 0 Å². The quantitative estimate of drug-likeness (QED) is 0.645. The average molecular weight is 224 g/mol. The highest BCUT2D eigenvalue weighted by atomic mass is 32.2. The number of aliphatic carboxylic acids is 1. The molecule has 0 radical (unpaired) electrons. The van der Waals surface area contributed by atoms with Gasteiger partial charge in [-0.15, -0.1) is 0 Å². The molecule has 7 heteroatoms. The molecule has 0 unspecified atom stereocenters. The zero-order valence-corrected chi connectivity index (χ0v) is 9.34. The van der Waals surface area contributed by atoms with Crippen LogP contribution in [0.1, 0.15) is 19.8 Å². The topological polar surface area (TPSA) is 86.7 Å². The summed E-state index contributed by atoms with van der Waals surface area (Å²) in [5.41, 5.74) is 0. The van der Waals surface area contributed by atoms with Crippen molar-refractivity contribution in [2.45, 2.75) is 25.8 Å². The Morgan fingerprint density at radius 3 is 2.29 bits per heavy atom. The maximum absolute atomic E-state index is 11.3. The molecule has 14 heavy (non-hydrogen) atoms. The van der Waals surface area contributed by atoms with Crippen LogP contribution in [-0.2, 0) is 15.0 Å². The van der Waals surface area contributed by atoms with Gasteiger partial charge in [-0.3, -0.25) is 4.79 Å². The Hall–Kier alpha value is -0.660. The zero-order valence-electron chi connectivity index (χ0n) is 8.52. The van der Waals surface area contributed by atoms with Crippen LogP contribution in [-0.4, -0.2) is 43.9 Å². The Bertz CT molecular complexity index is 286. The van der Waals surface area contributed by atoms with Crippen molar-refractivity contribution >= 4 is 16.2 Å². The van der Waals surface area contributed by atoms with E-state index in [1.807, 2.05) is 0 Å². The maximum Gasteiger partial charge on any atom is 0.321 e. The third-order valence-electron chi connectivity index (χ3n) is 1.65. The first-order valence-electron chi connectivity index (χ1n) is 4.23. The van der Waals surface area contributed by atoms with E-state index in [1.165, 1.54) is 14.1 Å². The van der Waals surface area contributed by atoms with Crippen LogP contribution >= 0.6 is 0 Å². The van der Waals surface area contributed by atoms with Gasteiger partial charge in [0.05, 0.1) is 0 Å². The fraction of sp³-hybridized carbons (Fsp3) is 0.857. The van der Waals surface area contributed by atoms with E-state index in [9.17, 15) is 13.2 Å². The second-order valence-corrected chi connectivity index (χ2v) is 5.00. The van der Waals surface area contributed by atoms with Gasteiger partial charge >= 0.3 is 5.97 Å². The van der Waals surface area contributed by atoms with Crippen LogP contribution in [0.3, 0.4) is 0 Å². The molecule has 6 nitrogen and oxygen atoms in total. The van der Waals surface area contributed by atoms with Crippen LogP contribution in [0, 0.1) is 0 Å². The summed E-state index contributed by atoms with van der Waals surface area (Å²) >= 11 is 0. The number of carboxylic acid groups (broad SMARTS) is 1. The van der Waals surface area contributed by atoms with E-state index in [-0.39, 0.29) is 6.42 Å². The highest BCUT2D eigenvalue weighted by Crippen LogP contribution is 2.00. The number of nitrogens with one attached hydrogen (secondary N) is 1. The van der Waals surface area contributed by atoms with Crippen LogP contribution in [0.4, 0.5) is 0 Å². The summed E-state index contributed by atoms with van der Waals surface area (Å²) in [5, 5.41) is 8.70. The number of carbonyl (C=O) groups is 1. The first-order valence-corrected chi connectivity index (χ1v) is 5.67. The lowest BCUT2D eigenvalue weighted by Crippen LogP contribution is -2.45. The Kier molecular flexibility index (Phi) is 5.03. The normalized spacial score (nSPS) is 14.3. The minimum atomic E-state index is -3.66.